The Bertz CT molecular complexity index is 686. The fourth-order valence-corrected chi connectivity index (χ4v) is 1.89. The first-order valence-electron chi connectivity index (χ1n) is 6.02. The molecule has 110 valence electrons. The molecule has 2 aromatic carbocycles. The smallest absolute Gasteiger partial charge is 0.164 e. The molecule has 0 fully saturated rings. The Labute approximate surface area is 127 Å². The molecule has 0 aliphatic carbocycles. The van der Waals surface area contributed by atoms with Gasteiger partial charge in [0.2, 0.25) is 0 Å². The van der Waals surface area contributed by atoms with Gasteiger partial charge < -0.3 is 19.7 Å². The Morgan fingerprint density at radius 1 is 1.00 bits per heavy atom. The summed E-state index contributed by atoms with van der Waals surface area (Å²) in [5.74, 6) is 0.860. The van der Waals surface area contributed by atoms with Crippen LogP contribution in [0.3, 0.4) is 0 Å². The second-order valence-electron chi connectivity index (χ2n) is 4.16. The Morgan fingerprint density at radius 3 is 2.33 bits per heavy atom. The molecule has 0 unspecified atom stereocenters. The van der Waals surface area contributed by atoms with E-state index in [1.165, 1.54) is 38.6 Å². The van der Waals surface area contributed by atoms with Crippen molar-refractivity contribution in [3.05, 3.63) is 40.9 Å². The summed E-state index contributed by atoms with van der Waals surface area (Å²) < 4.78 is 10.2. The highest BCUT2D eigenvalue weighted by Gasteiger charge is 2.09. The minimum Gasteiger partial charge on any atom is -0.507 e. The lowest BCUT2D eigenvalue weighted by molar-refractivity contribution is 0.351. The standard InChI is InChI=1S/C15H14ClNO4/c1-20-14-5-9(13(19)7-15(14)21-2)8-17-11-6-10(16)3-4-12(11)18/h3-8,18-19H,1-2H3. The summed E-state index contributed by atoms with van der Waals surface area (Å²) in [6.07, 6.45) is 1.41. The maximum atomic E-state index is 9.93. The molecule has 0 saturated heterocycles. The van der Waals surface area contributed by atoms with Crippen molar-refractivity contribution in [2.24, 2.45) is 4.99 Å². The largest absolute Gasteiger partial charge is 0.507 e. The van der Waals surface area contributed by atoms with E-state index >= 15 is 0 Å². The third-order valence-electron chi connectivity index (χ3n) is 2.81. The topological polar surface area (TPSA) is 71.3 Å². The van der Waals surface area contributed by atoms with E-state index in [9.17, 15) is 10.2 Å². The molecular formula is C15H14ClNO4. The highest BCUT2D eigenvalue weighted by molar-refractivity contribution is 6.30. The van der Waals surface area contributed by atoms with Crippen LogP contribution in [-0.2, 0) is 0 Å². The van der Waals surface area contributed by atoms with Crippen LogP contribution in [0.1, 0.15) is 5.56 Å². The molecule has 0 amide bonds. The minimum absolute atomic E-state index is 0.00406. The lowest BCUT2D eigenvalue weighted by Gasteiger charge is -2.09. The number of rotatable bonds is 4. The van der Waals surface area contributed by atoms with Crippen molar-refractivity contribution in [3.63, 3.8) is 0 Å². The zero-order chi connectivity index (χ0) is 15.4. The van der Waals surface area contributed by atoms with E-state index in [1.807, 2.05) is 0 Å². The summed E-state index contributed by atoms with van der Waals surface area (Å²) in [6, 6.07) is 7.54. The van der Waals surface area contributed by atoms with Gasteiger partial charge in [0.1, 0.15) is 17.2 Å². The van der Waals surface area contributed by atoms with Crippen LogP contribution in [0.15, 0.2) is 35.3 Å². The van der Waals surface area contributed by atoms with Gasteiger partial charge in [-0.1, -0.05) is 11.6 Å². The van der Waals surface area contributed by atoms with E-state index in [0.717, 1.165) is 0 Å². The van der Waals surface area contributed by atoms with Gasteiger partial charge in [-0.25, -0.2) is 0 Å². The van der Waals surface area contributed by atoms with Crippen molar-refractivity contribution in [1.82, 2.24) is 0 Å². The molecule has 0 heterocycles. The quantitative estimate of drug-likeness (QED) is 0.848. The van der Waals surface area contributed by atoms with E-state index in [4.69, 9.17) is 21.1 Å². The number of hydrogen-bond donors (Lipinski definition) is 2. The van der Waals surface area contributed by atoms with Crippen LogP contribution in [0.5, 0.6) is 23.0 Å². The lowest BCUT2D eigenvalue weighted by atomic mass is 10.2. The van der Waals surface area contributed by atoms with Gasteiger partial charge in [-0.3, -0.25) is 4.99 Å². The predicted octanol–water partition coefficient (Wildman–Crippen LogP) is 3.52. The molecule has 0 bridgehead atoms. The first-order chi connectivity index (χ1) is 10.0. The van der Waals surface area contributed by atoms with Crippen LogP contribution >= 0.6 is 11.6 Å². The van der Waals surface area contributed by atoms with Crippen LogP contribution in [0, 0.1) is 0 Å². The zero-order valence-corrected chi connectivity index (χ0v) is 12.3. The molecule has 2 N–H and O–H groups in total. The SMILES string of the molecule is COc1cc(O)c(C=Nc2cc(Cl)ccc2O)cc1OC. The second-order valence-corrected chi connectivity index (χ2v) is 4.59. The average molecular weight is 308 g/mol. The van der Waals surface area contributed by atoms with Crippen molar-refractivity contribution in [3.8, 4) is 23.0 Å². The van der Waals surface area contributed by atoms with E-state index in [1.54, 1.807) is 12.1 Å². The fraction of sp³-hybridized carbons (Fsp3) is 0.133. The molecule has 2 rings (SSSR count). The minimum atomic E-state index is -0.0158. The summed E-state index contributed by atoms with van der Waals surface area (Å²) in [7, 11) is 2.98. The molecule has 0 atom stereocenters. The lowest BCUT2D eigenvalue weighted by Crippen LogP contribution is -1.93. The number of ether oxygens (including phenoxy) is 2. The number of phenolic OH excluding ortho intramolecular Hbond substituents is 2. The van der Waals surface area contributed by atoms with E-state index in [0.29, 0.717) is 27.8 Å². The van der Waals surface area contributed by atoms with Gasteiger partial charge in [-0.15, -0.1) is 0 Å². The Morgan fingerprint density at radius 2 is 1.67 bits per heavy atom. The Kier molecular flexibility index (Phi) is 4.55. The molecule has 0 aliphatic heterocycles. The number of aromatic hydroxyl groups is 2. The van der Waals surface area contributed by atoms with Crippen molar-refractivity contribution < 1.29 is 19.7 Å². The van der Waals surface area contributed by atoms with E-state index in [-0.39, 0.29) is 11.5 Å². The van der Waals surface area contributed by atoms with Crippen LogP contribution in [-0.4, -0.2) is 30.6 Å². The molecule has 0 aromatic heterocycles. The highest BCUT2D eigenvalue weighted by Crippen LogP contribution is 2.34. The molecule has 2 aromatic rings. The maximum absolute atomic E-state index is 9.93. The van der Waals surface area contributed by atoms with Gasteiger partial charge in [-0.05, 0) is 24.3 Å². The first kappa shape index (κ1) is 15.0. The molecule has 0 radical (unpaired) electrons. The van der Waals surface area contributed by atoms with Crippen molar-refractivity contribution in [2.75, 3.05) is 14.2 Å². The Hall–Kier alpha value is -2.40. The molecule has 0 saturated carbocycles. The Balaban J connectivity index is 2.39. The number of benzene rings is 2. The maximum Gasteiger partial charge on any atom is 0.164 e. The molecule has 21 heavy (non-hydrogen) atoms. The van der Waals surface area contributed by atoms with E-state index < -0.39 is 0 Å². The summed E-state index contributed by atoms with van der Waals surface area (Å²) in [5, 5.41) is 20.1. The predicted molar refractivity (Wildman–Crippen MR) is 81.6 cm³/mol. The third-order valence-corrected chi connectivity index (χ3v) is 3.05. The highest BCUT2D eigenvalue weighted by atomic mass is 35.5. The number of hydrogen-bond acceptors (Lipinski definition) is 5. The average Bonchev–Trinajstić information content (AvgIpc) is 2.48. The number of aliphatic imine (C=N–C) groups is 1. The summed E-state index contributed by atoms with van der Waals surface area (Å²) >= 11 is 5.85. The molecule has 0 spiro atoms. The first-order valence-corrected chi connectivity index (χ1v) is 6.40. The fourth-order valence-electron chi connectivity index (χ4n) is 1.73. The summed E-state index contributed by atoms with van der Waals surface area (Å²) in [6.45, 7) is 0. The number of phenols is 2. The number of halogens is 1. The van der Waals surface area contributed by atoms with Crippen LogP contribution in [0.2, 0.25) is 5.02 Å². The van der Waals surface area contributed by atoms with Crippen molar-refractivity contribution in [2.45, 2.75) is 0 Å². The van der Waals surface area contributed by atoms with Gasteiger partial charge in [0.25, 0.3) is 0 Å². The van der Waals surface area contributed by atoms with Crippen molar-refractivity contribution >= 4 is 23.5 Å². The summed E-state index contributed by atoms with van der Waals surface area (Å²) in [4.78, 5) is 4.11. The van der Waals surface area contributed by atoms with E-state index in [2.05, 4.69) is 4.99 Å². The molecular weight excluding hydrogens is 294 g/mol. The molecule has 6 heteroatoms. The van der Waals surface area contributed by atoms with Crippen LogP contribution < -0.4 is 9.47 Å². The summed E-state index contributed by atoms with van der Waals surface area (Å²) in [5.41, 5.74) is 0.726. The zero-order valence-electron chi connectivity index (χ0n) is 11.5. The normalized spacial score (nSPS) is 10.8. The van der Waals surface area contributed by atoms with Gasteiger partial charge in [-0.2, -0.15) is 0 Å². The van der Waals surface area contributed by atoms with Gasteiger partial charge in [0, 0.05) is 22.9 Å². The van der Waals surface area contributed by atoms with Crippen LogP contribution in [0.25, 0.3) is 0 Å². The molecule has 5 nitrogen and oxygen atoms in total. The number of methoxy groups -OCH3 is 2. The monoisotopic (exact) mass is 307 g/mol. The van der Waals surface area contributed by atoms with Gasteiger partial charge in [0.15, 0.2) is 11.5 Å². The third kappa shape index (κ3) is 3.38. The second kappa shape index (κ2) is 6.37. The number of nitrogens with zero attached hydrogens (tertiary/aromatic N) is 1. The van der Waals surface area contributed by atoms with Crippen LogP contribution in [0.4, 0.5) is 5.69 Å². The van der Waals surface area contributed by atoms with Gasteiger partial charge in [0.05, 0.1) is 14.2 Å². The van der Waals surface area contributed by atoms with Crippen molar-refractivity contribution in [1.29, 1.82) is 0 Å². The van der Waals surface area contributed by atoms with Gasteiger partial charge >= 0.3 is 0 Å². The molecule has 0 aliphatic rings.